The molecule has 5 heteroatoms. The second kappa shape index (κ2) is 5.05. The Balaban J connectivity index is 1.96. The van der Waals surface area contributed by atoms with Gasteiger partial charge in [-0.05, 0) is 42.8 Å². The van der Waals surface area contributed by atoms with Crippen LogP contribution in [-0.2, 0) is 0 Å². The van der Waals surface area contributed by atoms with Gasteiger partial charge in [-0.2, -0.15) is 0 Å². The maximum absolute atomic E-state index is 12.2. The van der Waals surface area contributed by atoms with E-state index in [0.717, 1.165) is 30.7 Å². The van der Waals surface area contributed by atoms with E-state index in [2.05, 4.69) is 46.6 Å². The van der Waals surface area contributed by atoms with Crippen molar-refractivity contribution in [2.75, 3.05) is 26.2 Å². The van der Waals surface area contributed by atoms with Crippen molar-refractivity contribution in [2.45, 2.75) is 26.3 Å². The third-order valence-corrected chi connectivity index (χ3v) is 3.85. The number of carbonyl (C=O) groups excluding carboxylic acids is 1. The number of H-pyrrole nitrogens is 1. The normalized spacial score (nSPS) is 18.1. The molecule has 100 valence electrons. The molecule has 0 bridgehead atoms. The molecule has 1 saturated heterocycles. The lowest BCUT2D eigenvalue weighted by atomic mass is 10.0. The summed E-state index contributed by atoms with van der Waals surface area (Å²) in [5.74, 6) is 0.0919. The fourth-order valence-corrected chi connectivity index (χ4v) is 2.59. The van der Waals surface area contributed by atoms with E-state index in [0.29, 0.717) is 5.69 Å². The SMILES string of the molecule is CC(C)(C)N1CCN(C(=O)c2cc(Br)c[nH]2)CC1. The molecule has 0 unspecified atom stereocenters. The molecule has 0 aliphatic carbocycles. The van der Waals surface area contributed by atoms with Gasteiger partial charge in [-0.3, -0.25) is 9.69 Å². The van der Waals surface area contributed by atoms with Crippen LogP contribution in [-0.4, -0.2) is 52.4 Å². The quantitative estimate of drug-likeness (QED) is 0.864. The van der Waals surface area contributed by atoms with Crippen LogP contribution < -0.4 is 0 Å². The topological polar surface area (TPSA) is 39.3 Å². The van der Waals surface area contributed by atoms with Crippen molar-refractivity contribution < 1.29 is 4.79 Å². The van der Waals surface area contributed by atoms with Crippen LogP contribution in [0.2, 0.25) is 0 Å². The molecule has 1 aromatic heterocycles. The Morgan fingerprint density at radius 3 is 2.33 bits per heavy atom. The lowest BCUT2D eigenvalue weighted by Crippen LogP contribution is -2.54. The number of amides is 1. The van der Waals surface area contributed by atoms with Gasteiger partial charge in [-0.25, -0.2) is 0 Å². The van der Waals surface area contributed by atoms with Gasteiger partial charge in [-0.15, -0.1) is 0 Å². The third kappa shape index (κ3) is 2.95. The number of hydrogen-bond acceptors (Lipinski definition) is 2. The maximum Gasteiger partial charge on any atom is 0.270 e. The van der Waals surface area contributed by atoms with Crippen LogP contribution in [0.1, 0.15) is 31.3 Å². The first kappa shape index (κ1) is 13.6. The average molecular weight is 314 g/mol. The lowest BCUT2D eigenvalue weighted by molar-refractivity contribution is 0.0447. The van der Waals surface area contributed by atoms with E-state index >= 15 is 0 Å². The maximum atomic E-state index is 12.2. The molecule has 0 spiro atoms. The number of nitrogens with zero attached hydrogens (tertiary/aromatic N) is 2. The van der Waals surface area contributed by atoms with Gasteiger partial charge in [0, 0.05) is 42.4 Å². The zero-order valence-electron chi connectivity index (χ0n) is 11.2. The molecule has 1 aliphatic heterocycles. The molecular formula is C13H20BrN3O. The van der Waals surface area contributed by atoms with Crippen LogP contribution in [0.15, 0.2) is 16.7 Å². The summed E-state index contributed by atoms with van der Waals surface area (Å²) in [4.78, 5) is 19.6. The number of hydrogen-bond donors (Lipinski definition) is 1. The molecule has 0 aromatic carbocycles. The van der Waals surface area contributed by atoms with E-state index in [1.807, 2.05) is 11.0 Å². The summed E-state index contributed by atoms with van der Waals surface area (Å²) in [6.45, 7) is 10.1. The van der Waals surface area contributed by atoms with E-state index in [9.17, 15) is 4.79 Å². The summed E-state index contributed by atoms with van der Waals surface area (Å²) >= 11 is 3.35. The minimum Gasteiger partial charge on any atom is -0.356 e. The molecule has 0 atom stereocenters. The van der Waals surface area contributed by atoms with Gasteiger partial charge in [0.05, 0.1) is 0 Å². The van der Waals surface area contributed by atoms with Crippen LogP contribution in [0.4, 0.5) is 0 Å². The second-order valence-corrected chi connectivity index (χ2v) is 6.60. The molecule has 1 N–H and O–H groups in total. The van der Waals surface area contributed by atoms with Gasteiger partial charge < -0.3 is 9.88 Å². The van der Waals surface area contributed by atoms with Gasteiger partial charge in [0.1, 0.15) is 5.69 Å². The minimum absolute atomic E-state index is 0.0919. The lowest BCUT2D eigenvalue weighted by Gasteiger charge is -2.42. The van der Waals surface area contributed by atoms with Crippen molar-refractivity contribution in [1.82, 2.24) is 14.8 Å². The van der Waals surface area contributed by atoms with E-state index in [1.54, 1.807) is 6.20 Å². The van der Waals surface area contributed by atoms with Crippen molar-refractivity contribution in [2.24, 2.45) is 0 Å². The number of halogens is 1. The molecule has 2 rings (SSSR count). The first-order chi connectivity index (χ1) is 8.38. The predicted octanol–water partition coefficient (Wildman–Crippen LogP) is 2.33. The van der Waals surface area contributed by atoms with Crippen molar-refractivity contribution >= 4 is 21.8 Å². The van der Waals surface area contributed by atoms with E-state index in [4.69, 9.17) is 0 Å². The van der Waals surface area contributed by atoms with Gasteiger partial charge >= 0.3 is 0 Å². The Labute approximate surface area is 116 Å². The molecule has 1 aliphatic rings. The molecule has 0 radical (unpaired) electrons. The molecule has 0 saturated carbocycles. The van der Waals surface area contributed by atoms with Crippen molar-refractivity contribution in [3.8, 4) is 0 Å². The van der Waals surface area contributed by atoms with Crippen LogP contribution in [0, 0.1) is 0 Å². The first-order valence-corrected chi connectivity index (χ1v) is 7.05. The highest BCUT2D eigenvalue weighted by atomic mass is 79.9. The standard InChI is InChI=1S/C13H20BrN3O/c1-13(2,3)17-6-4-16(5-7-17)12(18)11-8-10(14)9-15-11/h8-9,15H,4-7H2,1-3H3. The van der Waals surface area contributed by atoms with Gasteiger partial charge in [0.25, 0.3) is 5.91 Å². The van der Waals surface area contributed by atoms with E-state index < -0.39 is 0 Å². The number of aromatic nitrogens is 1. The summed E-state index contributed by atoms with van der Waals surface area (Å²) in [6.07, 6.45) is 1.79. The second-order valence-electron chi connectivity index (χ2n) is 5.68. The van der Waals surface area contributed by atoms with E-state index in [1.165, 1.54) is 0 Å². The summed E-state index contributed by atoms with van der Waals surface area (Å²) in [7, 11) is 0. The summed E-state index contributed by atoms with van der Waals surface area (Å²) in [6, 6.07) is 1.83. The van der Waals surface area contributed by atoms with Crippen molar-refractivity contribution in [3.63, 3.8) is 0 Å². The Hall–Kier alpha value is -0.810. The van der Waals surface area contributed by atoms with Crippen LogP contribution in [0.3, 0.4) is 0 Å². The van der Waals surface area contributed by atoms with Crippen LogP contribution in [0.25, 0.3) is 0 Å². The highest BCUT2D eigenvalue weighted by Crippen LogP contribution is 2.18. The monoisotopic (exact) mass is 313 g/mol. The highest BCUT2D eigenvalue weighted by Gasteiger charge is 2.28. The van der Waals surface area contributed by atoms with Crippen molar-refractivity contribution in [3.05, 3.63) is 22.4 Å². The van der Waals surface area contributed by atoms with Gasteiger partial charge in [0.2, 0.25) is 0 Å². The molecule has 2 heterocycles. The molecule has 1 amide bonds. The zero-order valence-corrected chi connectivity index (χ0v) is 12.7. The first-order valence-electron chi connectivity index (χ1n) is 6.26. The number of rotatable bonds is 1. The Morgan fingerprint density at radius 2 is 1.89 bits per heavy atom. The summed E-state index contributed by atoms with van der Waals surface area (Å²) in [5.41, 5.74) is 0.844. The highest BCUT2D eigenvalue weighted by molar-refractivity contribution is 9.10. The van der Waals surface area contributed by atoms with Gasteiger partial charge in [-0.1, -0.05) is 0 Å². The largest absolute Gasteiger partial charge is 0.356 e. The Morgan fingerprint density at radius 1 is 1.28 bits per heavy atom. The fourth-order valence-electron chi connectivity index (χ4n) is 2.24. The molecule has 1 aromatic rings. The summed E-state index contributed by atoms with van der Waals surface area (Å²) < 4.78 is 0.916. The molecule has 4 nitrogen and oxygen atoms in total. The van der Waals surface area contributed by atoms with Crippen LogP contribution >= 0.6 is 15.9 Å². The van der Waals surface area contributed by atoms with Crippen molar-refractivity contribution in [1.29, 1.82) is 0 Å². The Kier molecular flexibility index (Phi) is 3.82. The number of piperazine rings is 1. The van der Waals surface area contributed by atoms with Gasteiger partial charge in [0.15, 0.2) is 0 Å². The number of carbonyl (C=O) groups is 1. The zero-order chi connectivity index (χ0) is 13.3. The number of nitrogens with one attached hydrogen (secondary N) is 1. The molecular weight excluding hydrogens is 294 g/mol. The molecule has 18 heavy (non-hydrogen) atoms. The average Bonchev–Trinajstić information content (AvgIpc) is 2.74. The molecule has 1 fully saturated rings. The number of aromatic amines is 1. The van der Waals surface area contributed by atoms with Crippen LogP contribution in [0.5, 0.6) is 0 Å². The minimum atomic E-state index is 0.0919. The fraction of sp³-hybridized carbons (Fsp3) is 0.615. The van der Waals surface area contributed by atoms with E-state index in [-0.39, 0.29) is 11.4 Å². The summed E-state index contributed by atoms with van der Waals surface area (Å²) in [5, 5.41) is 0. The third-order valence-electron chi connectivity index (χ3n) is 3.39. The Bertz CT molecular complexity index is 428. The predicted molar refractivity (Wildman–Crippen MR) is 75.7 cm³/mol. The smallest absolute Gasteiger partial charge is 0.270 e.